The fraction of sp³-hybridized carbons (Fsp3) is 0.458. The highest BCUT2D eigenvalue weighted by atomic mass is 16.5. The molecule has 8 heteroatoms. The van der Waals surface area contributed by atoms with Crippen LogP contribution in [0.1, 0.15) is 62.7 Å². The molecular weight excluding hydrogens is 412 g/mol. The van der Waals surface area contributed by atoms with Crippen LogP contribution in [0.5, 0.6) is 5.75 Å². The number of aromatic nitrogens is 1. The maximum Gasteiger partial charge on any atom is 0.354 e. The van der Waals surface area contributed by atoms with Gasteiger partial charge in [-0.15, -0.1) is 0 Å². The molecular formula is C24H32N2O6. The van der Waals surface area contributed by atoms with Crippen molar-refractivity contribution in [3.63, 3.8) is 0 Å². The zero-order valence-corrected chi connectivity index (χ0v) is 19.6. The van der Waals surface area contributed by atoms with Gasteiger partial charge >= 0.3 is 5.97 Å². The lowest BCUT2D eigenvalue weighted by molar-refractivity contribution is 0.0588. The fourth-order valence-corrected chi connectivity index (χ4v) is 3.63. The van der Waals surface area contributed by atoms with Crippen LogP contribution in [0.4, 0.5) is 0 Å². The molecule has 8 nitrogen and oxygen atoms in total. The second-order valence-corrected chi connectivity index (χ2v) is 7.43. The van der Waals surface area contributed by atoms with E-state index in [4.69, 9.17) is 14.2 Å². The molecule has 1 amide bonds. The summed E-state index contributed by atoms with van der Waals surface area (Å²) in [6.45, 7) is 8.45. The molecule has 1 unspecified atom stereocenters. The normalized spacial score (nSPS) is 11.7. The van der Waals surface area contributed by atoms with Gasteiger partial charge in [-0.25, -0.2) is 4.79 Å². The van der Waals surface area contributed by atoms with Crippen molar-refractivity contribution >= 4 is 17.7 Å². The number of aromatic amines is 1. The summed E-state index contributed by atoms with van der Waals surface area (Å²) in [6, 6.07) is 6.03. The summed E-state index contributed by atoms with van der Waals surface area (Å²) < 4.78 is 15.4. The lowest BCUT2D eigenvalue weighted by atomic mass is 9.99. The van der Waals surface area contributed by atoms with E-state index in [1.807, 2.05) is 6.92 Å². The number of hydrogen-bond donors (Lipinski definition) is 1. The Morgan fingerprint density at radius 3 is 2.31 bits per heavy atom. The minimum absolute atomic E-state index is 0.241. The molecule has 0 saturated heterocycles. The number of Topliss-reactive ketones (excluding diaryl/α,β-unsaturated/α-hetero) is 1. The van der Waals surface area contributed by atoms with E-state index >= 15 is 0 Å². The second kappa shape index (κ2) is 11.5. The van der Waals surface area contributed by atoms with Crippen molar-refractivity contribution in [2.75, 3.05) is 34.0 Å². The molecule has 2 rings (SSSR count). The highest BCUT2D eigenvalue weighted by Gasteiger charge is 2.31. The first-order valence-electron chi connectivity index (χ1n) is 10.6. The number of hydrogen-bond acceptors (Lipinski definition) is 6. The Bertz CT molecular complexity index is 948. The van der Waals surface area contributed by atoms with Crippen molar-refractivity contribution in [1.82, 2.24) is 9.88 Å². The molecule has 1 aromatic carbocycles. The number of carbonyl (C=O) groups is 3. The number of H-pyrrole nitrogens is 1. The molecule has 0 saturated carbocycles. The third-order valence-electron chi connectivity index (χ3n) is 5.41. The van der Waals surface area contributed by atoms with E-state index in [9.17, 15) is 14.4 Å². The van der Waals surface area contributed by atoms with Gasteiger partial charge in [0.25, 0.3) is 5.91 Å². The van der Waals surface area contributed by atoms with Crippen molar-refractivity contribution < 1.29 is 28.6 Å². The standard InChI is InChI=1S/C24H32N2O6/c1-7-32-14-8-13-26(23(28)18-9-11-19(30-5)12-10-18)17(4)22(27)20-15(2)21(24(29)31-6)25-16(20)3/h9-12,17,25H,7-8,13-14H2,1-6H3. The second-order valence-electron chi connectivity index (χ2n) is 7.43. The SMILES string of the molecule is CCOCCCN(C(=O)c1ccc(OC)cc1)C(C)C(=O)c1c(C)[nH]c(C(=O)OC)c1C. The maximum atomic E-state index is 13.5. The number of ketones is 1. The van der Waals surface area contributed by atoms with E-state index in [2.05, 4.69) is 4.98 Å². The van der Waals surface area contributed by atoms with Gasteiger partial charge < -0.3 is 24.1 Å². The lowest BCUT2D eigenvalue weighted by Gasteiger charge is -2.29. The number of benzene rings is 1. The molecule has 0 aliphatic rings. The van der Waals surface area contributed by atoms with Gasteiger partial charge in [-0.05, 0) is 63.9 Å². The first kappa shape index (κ1) is 25.1. The molecule has 174 valence electrons. The Hall–Kier alpha value is -3.13. The van der Waals surface area contributed by atoms with Gasteiger partial charge in [0.1, 0.15) is 11.4 Å². The monoisotopic (exact) mass is 444 g/mol. The minimum Gasteiger partial charge on any atom is -0.497 e. The van der Waals surface area contributed by atoms with Crippen LogP contribution in [0.3, 0.4) is 0 Å². The van der Waals surface area contributed by atoms with Gasteiger partial charge in [0.2, 0.25) is 0 Å². The van der Waals surface area contributed by atoms with Crippen molar-refractivity contribution in [2.45, 2.75) is 40.2 Å². The number of ether oxygens (including phenoxy) is 3. The summed E-state index contributed by atoms with van der Waals surface area (Å²) in [4.78, 5) is 43.3. The molecule has 2 aromatic rings. The quantitative estimate of drug-likeness (QED) is 0.323. The third-order valence-corrected chi connectivity index (χ3v) is 5.41. The molecule has 1 atom stereocenters. The van der Waals surface area contributed by atoms with Gasteiger partial charge in [-0.1, -0.05) is 0 Å². The highest BCUT2D eigenvalue weighted by Crippen LogP contribution is 2.23. The van der Waals surface area contributed by atoms with Crippen LogP contribution < -0.4 is 4.74 Å². The van der Waals surface area contributed by atoms with E-state index in [1.165, 1.54) is 7.11 Å². The molecule has 0 radical (unpaired) electrons. The smallest absolute Gasteiger partial charge is 0.354 e. The summed E-state index contributed by atoms with van der Waals surface area (Å²) >= 11 is 0. The first-order chi connectivity index (χ1) is 15.3. The van der Waals surface area contributed by atoms with E-state index in [-0.39, 0.29) is 17.4 Å². The Morgan fingerprint density at radius 1 is 1.09 bits per heavy atom. The van der Waals surface area contributed by atoms with Crippen molar-refractivity contribution in [3.05, 3.63) is 52.3 Å². The largest absolute Gasteiger partial charge is 0.497 e. The maximum absolute atomic E-state index is 13.5. The van der Waals surface area contributed by atoms with Crippen molar-refractivity contribution in [1.29, 1.82) is 0 Å². The van der Waals surface area contributed by atoms with Gasteiger partial charge in [0.05, 0.1) is 20.3 Å². The molecule has 0 bridgehead atoms. The zero-order valence-electron chi connectivity index (χ0n) is 19.6. The molecule has 0 aliphatic heterocycles. The number of amides is 1. The van der Waals surface area contributed by atoms with Crippen LogP contribution in [0, 0.1) is 13.8 Å². The first-order valence-corrected chi connectivity index (χ1v) is 10.6. The van der Waals surface area contributed by atoms with Crippen LogP contribution >= 0.6 is 0 Å². The molecule has 0 fully saturated rings. The summed E-state index contributed by atoms with van der Waals surface area (Å²) in [5.41, 5.74) is 2.17. The number of aryl methyl sites for hydroxylation is 1. The average molecular weight is 445 g/mol. The number of methoxy groups -OCH3 is 2. The van der Waals surface area contributed by atoms with Gasteiger partial charge in [0.15, 0.2) is 5.78 Å². The Labute approximate surface area is 188 Å². The Kier molecular flexibility index (Phi) is 9.02. The number of nitrogens with zero attached hydrogens (tertiary/aromatic N) is 1. The predicted molar refractivity (Wildman–Crippen MR) is 121 cm³/mol. The van der Waals surface area contributed by atoms with Crippen LogP contribution in [0.25, 0.3) is 0 Å². The van der Waals surface area contributed by atoms with Crippen LogP contribution in [-0.2, 0) is 9.47 Å². The van der Waals surface area contributed by atoms with Crippen LogP contribution in [0.2, 0.25) is 0 Å². The van der Waals surface area contributed by atoms with Gasteiger partial charge in [-0.3, -0.25) is 9.59 Å². The molecule has 0 spiro atoms. The summed E-state index contributed by atoms with van der Waals surface area (Å²) in [5.74, 6) is -0.406. The van der Waals surface area contributed by atoms with E-state index in [1.54, 1.807) is 57.0 Å². The summed E-state index contributed by atoms with van der Waals surface area (Å²) in [7, 11) is 2.84. The number of carbonyl (C=O) groups excluding carboxylic acids is 3. The molecule has 1 N–H and O–H groups in total. The molecule has 1 aromatic heterocycles. The topological polar surface area (TPSA) is 97.9 Å². The molecule has 1 heterocycles. The molecule has 0 aliphatic carbocycles. The third kappa shape index (κ3) is 5.56. The van der Waals surface area contributed by atoms with Crippen LogP contribution in [0.15, 0.2) is 24.3 Å². The van der Waals surface area contributed by atoms with Crippen molar-refractivity contribution in [2.24, 2.45) is 0 Å². The zero-order chi connectivity index (χ0) is 23.8. The number of nitrogens with one attached hydrogen (secondary N) is 1. The van der Waals surface area contributed by atoms with E-state index in [0.717, 1.165) is 0 Å². The highest BCUT2D eigenvalue weighted by molar-refractivity contribution is 6.07. The van der Waals surface area contributed by atoms with Gasteiger partial charge in [-0.2, -0.15) is 0 Å². The van der Waals surface area contributed by atoms with Crippen molar-refractivity contribution in [3.8, 4) is 5.75 Å². The predicted octanol–water partition coefficient (Wildman–Crippen LogP) is 3.57. The fourth-order valence-electron chi connectivity index (χ4n) is 3.63. The summed E-state index contributed by atoms with van der Waals surface area (Å²) in [5, 5.41) is 0. The Morgan fingerprint density at radius 2 is 1.75 bits per heavy atom. The van der Waals surface area contributed by atoms with Gasteiger partial charge in [0, 0.05) is 36.6 Å². The van der Waals surface area contributed by atoms with E-state index < -0.39 is 12.0 Å². The lowest BCUT2D eigenvalue weighted by Crippen LogP contribution is -2.44. The molecule has 32 heavy (non-hydrogen) atoms. The Balaban J connectivity index is 2.35. The number of rotatable bonds is 11. The minimum atomic E-state index is -0.745. The van der Waals surface area contributed by atoms with Crippen LogP contribution in [-0.4, -0.2) is 67.6 Å². The number of esters is 1. The average Bonchev–Trinajstić information content (AvgIpc) is 3.11. The summed E-state index contributed by atoms with van der Waals surface area (Å²) in [6.07, 6.45) is 0.589. The van der Waals surface area contributed by atoms with E-state index in [0.29, 0.717) is 54.3 Å².